The summed E-state index contributed by atoms with van der Waals surface area (Å²) in [5, 5.41) is 10.4. The minimum atomic E-state index is -0.357. The van der Waals surface area contributed by atoms with E-state index in [4.69, 9.17) is 4.42 Å². The van der Waals surface area contributed by atoms with Gasteiger partial charge in [-0.15, -0.1) is 0 Å². The third-order valence-corrected chi connectivity index (χ3v) is 5.20. The normalized spacial score (nSPS) is 16.8. The number of aliphatic hydroxyl groups is 1. The van der Waals surface area contributed by atoms with Crippen LogP contribution >= 0.6 is 0 Å². The molecule has 7 heteroatoms. The van der Waals surface area contributed by atoms with Crippen LogP contribution in [0.5, 0.6) is 0 Å². The number of β-amino-alcohol motifs (C(OH)–C–C–N with tert-alkyl or cyclic N) is 1. The zero-order chi connectivity index (χ0) is 19.9. The van der Waals surface area contributed by atoms with Gasteiger partial charge in [0.25, 0.3) is 5.91 Å². The zero-order valence-corrected chi connectivity index (χ0v) is 16.8. The number of aromatic nitrogens is 1. The molecule has 0 bridgehead atoms. The van der Waals surface area contributed by atoms with E-state index in [1.807, 2.05) is 25.1 Å². The lowest BCUT2D eigenvalue weighted by atomic mass is 10.1. The highest BCUT2D eigenvalue weighted by Gasteiger charge is 2.22. The van der Waals surface area contributed by atoms with Gasteiger partial charge in [-0.05, 0) is 18.9 Å². The lowest BCUT2D eigenvalue weighted by Crippen LogP contribution is -2.48. The average Bonchev–Trinajstić information content (AvgIpc) is 3.17. The molecule has 1 amide bonds. The van der Waals surface area contributed by atoms with Gasteiger partial charge in [0.2, 0.25) is 5.89 Å². The fourth-order valence-corrected chi connectivity index (χ4v) is 3.39. The van der Waals surface area contributed by atoms with Gasteiger partial charge in [0.05, 0.1) is 12.6 Å². The summed E-state index contributed by atoms with van der Waals surface area (Å²) in [6, 6.07) is 10.1. The molecule has 1 aromatic carbocycles. The molecule has 0 aliphatic carbocycles. The van der Waals surface area contributed by atoms with Crippen LogP contribution in [-0.4, -0.2) is 83.1 Å². The molecule has 1 fully saturated rings. The molecular weight excluding hydrogens is 356 g/mol. The first-order valence-corrected chi connectivity index (χ1v) is 9.91. The van der Waals surface area contributed by atoms with Crippen LogP contribution in [0.1, 0.15) is 28.9 Å². The molecule has 0 radical (unpaired) electrons. The smallest absolute Gasteiger partial charge is 0.275 e. The van der Waals surface area contributed by atoms with E-state index in [9.17, 15) is 9.90 Å². The molecule has 1 atom stereocenters. The lowest BCUT2D eigenvalue weighted by molar-refractivity contribution is 0.0675. The number of hydrogen-bond acceptors (Lipinski definition) is 6. The van der Waals surface area contributed by atoms with Gasteiger partial charge in [0.1, 0.15) is 6.26 Å². The minimum absolute atomic E-state index is 0.116. The molecule has 1 aromatic heterocycles. The maximum atomic E-state index is 12.1. The van der Waals surface area contributed by atoms with Crippen molar-refractivity contribution in [3.63, 3.8) is 0 Å². The van der Waals surface area contributed by atoms with E-state index >= 15 is 0 Å². The molecule has 0 spiro atoms. The molecule has 28 heavy (non-hydrogen) atoms. The molecular formula is C21H30N4O3. The Bertz CT molecular complexity index is 741. The Kier molecular flexibility index (Phi) is 7.19. The molecule has 7 nitrogen and oxygen atoms in total. The number of carbonyl (C=O) groups is 1. The van der Waals surface area contributed by atoms with Crippen LogP contribution in [0.4, 0.5) is 0 Å². The van der Waals surface area contributed by atoms with Crippen molar-refractivity contribution in [3.05, 3.63) is 53.7 Å². The topological polar surface area (TPSA) is 73.1 Å². The summed E-state index contributed by atoms with van der Waals surface area (Å²) in [6.07, 6.45) is 1.77. The standard InChI is InChI=1S/C21H30N4O3/c1-3-23(2)21(27)19-16-28-20(22-19)15-25-11-9-24(10-12-25)14-18(26)13-17-7-5-4-6-8-17/h4-8,16,18,26H,3,9-15H2,1-2H3. The van der Waals surface area contributed by atoms with Crippen molar-refractivity contribution in [2.24, 2.45) is 0 Å². The molecule has 1 N–H and O–H groups in total. The van der Waals surface area contributed by atoms with Gasteiger partial charge in [-0.2, -0.15) is 0 Å². The van der Waals surface area contributed by atoms with Crippen LogP contribution in [0.15, 0.2) is 41.0 Å². The largest absolute Gasteiger partial charge is 0.447 e. The van der Waals surface area contributed by atoms with Crippen molar-refractivity contribution in [1.29, 1.82) is 0 Å². The van der Waals surface area contributed by atoms with Crippen molar-refractivity contribution in [3.8, 4) is 0 Å². The molecule has 1 aliphatic heterocycles. The summed E-state index contributed by atoms with van der Waals surface area (Å²) in [5.41, 5.74) is 1.53. The highest BCUT2D eigenvalue weighted by Crippen LogP contribution is 2.11. The van der Waals surface area contributed by atoms with E-state index in [0.717, 1.165) is 31.7 Å². The van der Waals surface area contributed by atoms with E-state index in [2.05, 4.69) is 26.9 Å². The van der Waals surface area contributed by atoms with E-state index in [1.54, 1.807) is 11.9 Å². The summed E-state index contributed by atoms with van der Waals surface area (Å²) in [7, 11) is 1.75. The van der Waals surface area contributed by atoms with Gasteiger partial charge in [-0.1, -0.05) is 30.3 Å². The number of piperazine rings is 1. The minimum Gasteiger partial charge on any atom is -0.447 e. The maximum absolute atomic E-state index is 12.1. The van der Waals surface area contributed by atoms with Crippen LogP contribution in [0, 0.1) is 0 Å². The summed E-state index contributed by atoms with van der Waals surface area (Å²) >= 11 is 0. The number of oxazole rings is 1. The Balaban J connectivity index is 1.42. The summed E-state index contributed by atoms with van der Waals surface area (Å²) in [5.74, 6) is 0.458. The number of benzene rings is 1. The zero-order valence-electron chi connectivity index (χ0n) is 16.8. The van der Waals surface area contributed by atoms with Crippen molar-refractivity contribution in [2.45, 2.75) is 26.0 Å². The fraction of sp³-hybridized carbons (Fsp3) is 0.524. The molecule has 3 rings (SSSR count). The summed E-state index contributed by atoms with van der Waals surface area (Å²) in [4.78, 5) is 22.6. The molecule has 1 unspecified atom stereocenters. The highest BCUT2D eigenvalue weighted by atomic mass is 16.3. The fourth-order valence-electron chi connectivity index (χ4n) is 3.39. The number of carbonyl (C=O) groups excluding carboxylic acids is 1. The molecule has 0 saturated carbocycles. The van der Waals surface area contributed by atoms with E-state index in [0.29, 0.717) is 37.6 Å². The van der Waals surface area contributed by atoms with Crippen molar-refractivity contribution in [1.82, 2.24) is 19.7 Å². The van der Waals surface area contributed by atoms with Gasteiger partial charge in [-0.25, -0.2) is 4.98 Å². The van der Waals surface area contributed by atoms with Gasteiger partial charge >= 0.3 is 0 Å². The first-order valence-electron chi connectivity index (χ1n) is 9.91. The van der Waals surface area contributed by atoms with Crippen LogP contribution in [0.3, 0.4) is 0 Å². The molecule has 2 heterocycles. The third kappa shape index (κ3) is 5.64. The maximum Gasteiger partial charge on any atom is 0.275 e. The monoisotopic (exact) mass is 386 g/mol. The van der Waals surface area contributed by atoms with E-state index in [1.165, 1.54) is 6.26 Å². The SMILES string of the molecule is CCN(C)C(=O)c1coc(CN2CCN(CC(O)Cc3ccccc3)CC2)n1. The number of hydrogen-bond donors (Lipinski definition) is 1. The summed E-state index contributed by atoms with van der Waals surface area (Å²) in [6.45, 7) is 7.42. The highest BCUT2D eigenvalue weighted by molar-refractivity contribution is 5.91. The van der Waals surface area contributed by atoms with Crippen molar-refractivity contribution < 1.29 is 14.3 Å². The van der Waals surface area contributed by atoms with Gasteiger partial charge in [0.15, 0.2) is 5.69 Å². The Hall–Kier alpha value is -2.22. The Morgan fingerprint density at radius 2 is 1.89 bits per heavy atom. The van der Waals surface area contributed by atoms with Crippen LogP contribution < -0.4 is 0 Å². The average molecular weight is 386 g/mol. The van der Waals surface area contributed by atoms with E-state index < -0.39 is 0 Å². The molecule has 2 aromatic rings. The third-order valence-electron chi connectivity index (χ3n) is 5.20. The van der Waals surface area contributed by atoms with Gasteiger partial charge < -0.3 is 14.4 Å². The molecule has 1 aliphatic rings. The van der Waals surface area contributed by atoms with E-state index in [-0.39, 0.29) is 12.0 Å². The van der Waals surface area contributed by atoms with Crippen LogP contribution in [-0.2, 0) is 13.0 Å². The molecule has 1 saturated heterocycles. The number of amides is 1. The Morgan fingerprint density at radius 3 is 2.57 bits per heavy atom. The lowest BCUT2D eigenvalue weighted by Gasteiger charge is -2.35. The first kappa shape index (κ1) is 20.5. The second kappa shape index (κ2) is 9.82. The van der Waals surface area contributed by atoms with Crippen LogP contribution in [0.2, 0.25) is 0 Å². The van der Waals surface area contributed by atoms with Crippen LogP contribution in [0.25, 0.3) is 0 Å². The number of nitrogens with zero attached hydrogens (tertiary/aromatic N) is 4. The van der Waals surface area contributed by atoms with Gasteiger partial charge in [-0.3, -0.25) is 14.6 Å². The Labute approximate surface area is 166 Å². The van der Waals surface area contributed by atoms with Gasteiger partial charge in [0, 0.05) is 46.3 Å². The predicted molar refractivity (Wildman–Crippen MR) is 107 cm³/mol. The Morgan fingerprint density at radius 1 is 1.21 bits per heavy atom. The predicted octanol–water partition coefficient (Wildman–Crippen LogP) is 1.49. The van der Waals surface area contributed by atoms with Crippen molar-refractivity contribution >= 4 is 5.91 Å². The van der Waals surface area contributed by atoms with Crippen molar-refractivity contribution in [2.75, 3.05) is 46.3 Å². The second-order valence-corrected chi connectivity index (χ2v) is 7.37. The molecule has 152 valence electrons. The first-order chi connectivity index (χ1) is 13.5. The number of rotatable bonds is 8. The quantitative estimate of drug-likeness (QED) is 0.741. The summed E-state index contributed by atoms with van der Waals surface area (Å²) < 4.78 is 5.49. The number of aliphatic hydroxyl groups excluding tert-OH is 1. The second-order valence-electron chi connectivity index (χ2n) is 7.37.